The van der Waals surface area contributed by atoms with Gasteiger partial charge in [0.2, 0.25) is 5.91 Å². The van der Waals surface area contributed by atoms with E-state index in [4.69, 9.17) is 0 Å². The molecule has 2 aliphatic carbocycles. The zero-order chi connectivity index (χ0) is 28.9. The number of amides is 3. The summed E-state index contributed by atoms with van der Waals surface area (Å²) in [6.45, 7) is 0. The summed E-state index contributed by atoms with van der Waals surface area (Å²) in [6, 6.07) is 10.9. The van der Waals surface area contributed by atoms with Gasteiger partial charge in [0.1, 0.15) is 17.7 Å². The highest BCUT2D eigenvalue weighted by molar-refractivity contribution is 6.12. The van der Waals surface area contributed by atoms with E-state index in [0.29, 0.717) is 5.56 Å². The maximum absolute atomic E-state index is 14.6. The molecule has 1 N–H and O–H groups in total. The molecule has 3 heterocycles. The molecule has 3 aliphatic rings. The molecule has 1 aromatic carbocycles. The van der Waals surface area contributed by atoms with Crippen LogP contribution >= 0.6 is 0 Å². The van der Waals surface area contributed by atoms with Crippen LogP contribution in [0.3, 0.4) is 0 Å². The van der Waals surface area contributed by atoms with Gasteiger partial charge in [-0.3, -0.25) is 29.2 Å². The molecule has 1 saturated carbocycles. The van der Waals surface area contributed by atoms with Gasteiger partial charge in [-0.15, -0.1) is 0 Å². The summed E-state index contributed by atoms with van der Waals surface area (Å²) in [4.78, 5) is 52.1. The molecule has 3 aromatic rings. The van der Waals surface area contributed by atoms with Crippen molar-refractivity contribution >= 4 is 29.2 Å². The summed E-state index contributed by atoms with van der Waals surface area (Å²) in [5, 5.41) is 12.0. The van der Waals surface area contributed by atoms with Crippen molar-refractivity contribution < 1.29 is 27.6 Å². The number of hydrogen-bond donors (Lipinski definition) is 1. The van der Waals surface area contributed by atoms with Crippen LogP contribution in [0.15, 0.2) is 61.1 Å². The lowest BCUT2D eigenvalue weighted by Gasteiger charge is -2.51. The first-order valence-electron chi connectivity index (χ1n) is 13.0. The minimum absolute atomic E-state index is 0.00293. The molecule has 3 amide bonds. The van der Waals surface area contributed by atoms with E-state index in [0.717, 1.165) is 22.7 Å². The fourth-order valence-electron chi connectivity index (χ4n) is 5.95. The van der Waals surface area contributed by atoms with Gasteiger partial charge in [0, 0.05) is 44.0 Å². The second-order valence-electron chi connectivity index (χ2n) is 10.5. The van der Waals surface area contributed by atoms with Crippen LogP contribution in [0, 0.1) is 17.1 Å². The van der Waals surface area contributed by atoms with Gasteiger partial charge in [0.25, 0.3) is 17.7 Å². The number of carbonyl (C=O) groups excluding carboxylic acids is 3. The standard InChI is InChI=1S/C29H23F3N6O3/c30-19-10-21(16-34-15-19)38(26(40)23-5-6-25(39)37(23)24-9-17(14-33)7-8-35-24)29(11-18-3-1-2-4-22(18)29)27(41)36-20-12-28(31,32)13-20/h1-4,7-10,15-16,20,23H,5-6,11-13H2,(H,36,41)/t23-,29-/m0/s1. The zero-order valence-corrected chi connectivity index (χ0v) is 21.6. The Hall–Kier alpha value is -4.79. The van der Waals surface area contributed by atoms with Gasteiger partial charge in [0.05, 0.1) is 29.7 Å². The Bertz CT molecular complexity index is 1620. The van der Waals surface area contributed by atoms with Crippen molar-refractivity contribution in [2.45, 2.75) is 55.6 Å². The molecule has 208 valence electrons. The summed E-state index contributed by atoms with van der Waals surface area (Å²) >= 11 is 0. The minimum Gasteiger partial charge on any atom is -0.351 e. The predicted octanol–water partition coefficient (Wildman–Crippen LogP) is 3.38. The number of nitrogens with zero attached hydrogens (tertiary/aromatic N) is 5. The molecular formula is C29H23F3N6O3. The smallest absolute Gasteiger partial charge is 0.252 e. The Labute approximate surface area is 232 Å². The number of anilines is 2. The van der Waals surface area contributed by atoms with Crippen molar-refractivity contribution in [3.63, 3.8) is 0 Å². The fraction of sp³-hybridized carbons (Fsp3) is 0.310. The third kappa shape index (κ3) is 4.38. The van der Waals surface area contributed by atoms with E-state index in [1.54, 1.807) is 24.3 Å². The topological polar surface area (TPSA) is 119 Å². The number of nitriles is 1. The van der Waals surface area contributed by atoms with Crippen LogP contribution in [-0.2, 0) is 26.3 Å². The predicted molar refractivity (Wildman–Crippen MR) is 139 cm³/mol. The van der Waals surface area contributed by atoms with Crippen LogP contribution in [0.25, 0.3) is 0 Å². The second kappa shape index (κ2) is 9.69. The van der Waals surface area contributed by atoms with Gasteiger partial charge < -0.3 is 5.32 Å². The molecule has 1 saturated heterocycles. The average Bonchev–Trinajstić information content (AvgIpc) is 3.31. The molecule has 9 nitrogen and oxygen atoms in total. The number of rotatable bonds is 6. The third-order valence-corrected chi connectivity index (χ3v) is 7.88. The van der Waals surface area contributed by atoms with Crippen LogP contribution in [0.4, 0.5) is 24.7 Å². The quantitative estimate of drug-likeness (QED) is 0.494. The normalized spacial score (nSPS) is 22.6. The Morgan fingerprint density at radius 3 is 2.63 bits per heavy atom. The molecule has 0 radical (unpaired) electrons. The van der Waals surface area contributed by atoms with Crippen molar-refractivity contribution in [1.29, 1.82) is 5.26 Å². The lowest BCUT2D eigenvalue weighted by atomic mass is 9.67. The zero-order valence-electron chi connectivity index (χ0n) is 21.6. The Kier molecular flexibility index (Phi) is 6.25. The number of alkyl halides is 2. The first-order chi connectivity index (χ1) is 19.6. The Morgan fingerprint density at radius 1 is 1.15 bits per heavy atom. The summed E-state index contributed by atoms with van der Waals surface area (Å²) < 4.78 is 41.8. The SMILES string of the molecule is N#Cc1ccnc(N2C(=O)CC[C@H]2C(=O)N(c2cncc(F)c2)[C@@]2(C(=O)NC3CC(F)(F)C3)Cc3ccccc32)c1. The largest absolute Gasteiger partial charge is 0.351 e. The Balaban J connectivity index is 1.46. The van der Waals surface area contributed by atoms with Crippen LogP contribution in [0.5, 0.6) is 0 Å². The van der Waals surface area contributed by atoms with Crippen LogP contribution in [-0.4, -0.2) is 45.7 Å². The fourth-order valence-corrected chi connectivity index (χ4v) is 5.95. The lowest BCUT2D eigenvalue weighted by molar-refractivity contribution is -0.138. The van der Waals surface area contributed by atoms with E-state index in [1.165, 1.54) is 29.4 Å². The molecule has 2 fully saturated rings. The average molecular weight is 561 g/mol. The van der Waals surface area contributed by atoms with Crippen LogP contribution < -0.4 is 15.1 Å². The first kappa shape index (κ1) is 26.4. The van der Waals surface area contributed by atoms with Gasteiger partial charge in [-0.05, 0) is 29.7 Å². The van der Waals surface area contributed by atoms with Gasteiger partial charge in [0.15, 0.2) is 5.54 Å². The van der Waals surface area contributed by atoms with Crippen molar-refractivity contribution in [1.82, 2.24) is 15.3 Å². The molecule has 6 rings (SSSR count). The van der Waals surface area contributed by atoms with Gasteiger partial charge >= 0.3 is 0 Å². The minimum atomic E-state index is -2.89. The highest BCUT2D eigenvalue weighted by Gasteiger charge is 2.59. The molecule has 2 atom stereocenters. The second-order valence-corrected chi connectivity index (χ2v) is 10.5. The van der Waals surface area contributed by atoms with Gasteiger partial charge in [-0.1, -0.05) is 24.3 Å². The van der Waals surface area contributed by atoms with Crippen LogP contribution in [0.2, 0.25) is 0 Å². The Morgan fingerprint density at radius 2 is 1.93 bits per heavy atom. The molecule has 2 aromatic heterocycles. The van der Waals surface area contributed by atoms with Crippen molar-refractivity contribution in [2.75, 3.05) is 9.80 Å². The van der Waals surface area contributed by atoms with Gasteiger partial charge in [-0.2, -0.15) is 5.26 Å². The number of pyridine rings is 2. The maximum Gasteiger partial charge on any atom is 0.252 e. The number of hydrogen-bond acceptors (Lipinski definition) is 6. The number of benzene rings is 1. The molecule has 0 spiro atoms. The van der Waals surface area contributed by atoms with E-state index in [9.17, 15) is 32.8 Å². The number of halogens is 3. The van der Waals surface area contributed by atoms with E-state index in [-0.39, 0.29) is 36.3 Å². The van der Waals surface area contributed by atoms with Crippen molar-refractivity contribution in [3.8, 4) is 6.07 Å². The molecular weight excluding hydrogens is 537 g/mol. The van der Waals surface area contributed by atoms with E-state index >= 15 is 0 Å². The highest BCUT2D eigenvalue weighted by Crippen LogP contribution is 2.48. The number of fused-ring (bicyclic) bond motifs is 1. The lowest BCUT2D eigenvalue weighted by Crippen LogP contribution is -2.68. The maximum atomic E-state index is 14.6. The summed E-state index contributed by atoms with van der Waals surface area (Å²) in [7, 11) is 0. The summed E-state index contributed by atoms with van der Waals surface area (Å²) in [5.41, 5.74) is -0.300. The highest BCUT2D eigenvalue weighted by atomic mass is 19.3. The summed E-state index contributed by atoms with van der Waals surface area (Å²) in [6.07, 6.45) is 2.58. The number of aromatic nitrogens is 2. The number of nitrogens with one attached hydrogen (secondary N) is 1. The van der Waals surface area contributed by atoms with Crippen LogP contribution in [0.1, 0.15) is 42.4 Å². The van der Waals surface area contributed by atoms with Gasteiger partial charge in [-0.25, -0.2) is 18.2 Å². The van der Waals surface area contributed by atoms with Crippen molar-refractivity contribution in [2.24, 2.45) is 0 Å². The molecule has 0 bridgehead atoms. The monoisotopic (exact) mass is 560 g/mol. The van der Waals surface area contributed by atoms with E-state index in [1.807, 2.05) is 6.07 Å². The van der Waals surface area contributed by atoms with E-state index in [2.05, 4.69) is 15.3 Å². The molecule has 41 heavy (non-hydrogen) atoms. The third-order valence-electron chi connectivity index (χ3n) is 7.88. The molecule has 0 unspecified atom stereocenters. The molecule has 12 heteroatoms. The summed E-state index contributed by atoms with van der Waals surface area (Å²) in [5.74, 6) is -5.35. The van der Waals surface area contributed by atoms with Crippen molar-refractivity contribution in [3.05, 3.63) is 83.6 Å². The number of carbonyl (C=O) groups is 3. The van der Waals surface area contributed by atoms with E-state index < -0.39 is 59.9 Å². The molecule has 1 aliphatic heterocycles. The first-order valence-corrected chi connectivity index (χ1v) is 13.0.